The first-order chi connectivity index (χ1) is 15.3. The quantitative estimate of drug-likeness (QED) is 0.519. The molecule has 0 N–H and O–H groups in total. The number of ether oxygens (including phenoxy) is 1. The first-order valence-corrected chi connectivity index (χ1v) is 13.6. The maximum atomic E-state index is 6.30. The van der Waals surface area contributed by atoms with Crippen molar-refractivity contribution in [3.8, 4) is 0 Å². The molecule has 1 aromatic rings. The van der Waals surface area contributed by atoms with Crippen LogP contribution in [0, 0.1) is 58.7 Å². The standard InChI is InChI=1S/C29H44N2O/c1-18(6-7-21-12-15-30-19(2)31-21)23-8-9-24-22-16-26(32-5)29-17-20(29)10-14-28(29,4)25(22)11-13-27(23,24)3/h12,15,18,20,22-26H,6-11,13-14,16-17H2,1-5H3/t18-,20-,22+,23-,24+,25+,26-,27-,28-,29?/m1/s1. The van der Waals surface area contributed by atoms with Crippen LogP contribution in [0.3, 0.4) is 0 Å². The summed E-state index contributed by atoms with van der Waals surface area (Å²) in [4.78, 5) is 8.94. The van der Waals surface area contributed by atoms with E-state index in [0.717, 1.165) is 47.8 Å². The third-order valence-electron chi connectivity index (χ3n) is 12.3. The molecule has 176 valence electrons. The summed E-state index contributed by atoms with van der Waals surface area (Å²) < 4.78 is 6.30. The zero-order valence-corrected chi connectivity index (χ0v) is 21.1. The van der Waals surface area contributed by atoms with E-state index in [2.05, 4.69) is 36.8 Å². The lowest BCUT2D eigenvalue weighted by atomic mass is 9.45. The molecule has 5 saturated carbocycles. The van der Waals surface area contributed by atoms with Crippen LogP contribution >= 0.6 is 0 Å². The van der Waals surface area contributed by atoms with E-state index in [-0.39, 0.29) is 0 Å². The fourth-order valence-corrected chi connectivity index (χ4v) is 10.8. The van der Waals surface area contributed by atoms with Gasteiger partial charge >= 0.3 is 0 Å². The average Bonchev–Trinajstić information content (AvgIpc) is 3.28. The third-order valence-corrected chi connectivity index (χ3v) is 12.3. The first-order valence-electron chi connectivity index (χ1n) is 13.6. The summed E-state index contributed by atoms with van der Waals surface area (Å²) >= 11 is 0. The molecule has 1 aromatic heterocycles. The van der Waals surface area contributed by atoms with Gasteiger partial charge in [0.15, 0.2) is 0 Å². The highest BCUT2D eigenvalue weighted by atomic mass is 16.5. The van der Waals surface area contributed by atoms with Gasteiger partial charge in [0.25, 0.3) is 0 Å². The number of hydrogen-bond acceptors (Lipinski definition) is 3. The second-order valence-electron chi connectivity index (χ2n) is 13.1. The minimum absolute atomic E-state index is 0.529. The van der Waals surface area contributed by atoms with E-state index in [1.54, 1.807) is 0 Å². The molecule has 1 unspecified atom stereocenters. The van der Waals surface area contributed by atoms with E-state index in [0.29, 0.717) is 22.3 Å². The highest BCUT2D eigenvalue weighted by molar-refractivity contribution is 5.26. The van der Waals surface area contributed by atoms with Crippen molar-refractivity contribution >= 4 is 0 Å². The molecule has 10 atom stereocenters. The van der Waals surface area contributed by atoms with Gasteiger partial charge in [-0.25, -0.2) is 9.97 Å². The predicted octanol–water partition coefficient (Wildman–Crippen LogP) is 6.64. The van der Waals surface area contributed by atoms with E-state index < -0.39 is 0 Å². The van der Waals surface area contributed by atoms with E-state index in [4.69, 9.17) is 4.74 Å². The summed E-state index contributed by atoms with van der Waals surface area (Å²) in [5, 5.41) is 0. The van der Waals surface area contributed by atoms with Gasteiger partial charge in [-0.3, -0.25) is 0 Å². The zero-order valence-electron chi connectivity index (χ0n) is 21.1. The number of hydrogen-bond donors (Lipinski definition) is 0. The van der Waals surface area contributed by atoms with Crippen molar-refractivity contribution < 1.29 is 4.74 Å². The molecule has 0 aliphatic heterocycles. The van der Waals surface area contributed by atoms with Crippen LogP contribution in [0.5, 0.6) is 0 Å². The maximum Gasteiger partial charge on any atom is 0.125 e. The van der Waals surface area contributed by atoms with Crippen molar-refractivity contribution in [2.24, 2.45) is 51.8 Å². The van der Waals surface area contributed by atoms with Gasteiger partial charge in [-0.1, -0.05) is 20.8 Å². The van der Waals surface area contributed by atoms with Gasteiger partial charge in [0, 0.05) is 24.4 Å². The third kappa shape index (κ3) is 2.75. The Morgan fingerprint density at radius 2 is 1.97 bits per heavy atom. The van der Waals surface area contributed by atoms with Crippen molar-refractivity contribution in [3.05, 3.63) is 23.8 Å². The van der Waals surface area contributed by atoms with Crippen LogP contribution in [0.25, 0.3) is 0 Å². The summed E-state index contributed by atoms with van der Waals surface area (Å²) in [5.41, 5.74) is 2.86. The summed E-state index contributed by atoms with van der Waals surface area (Å²) in [5.74, 6) is 6.31. The Kier molecular flexibility index (Phi) is 4.90. The smallest absolute Gasteiger partial charge is 0.125 e. The Morgan fingerprint density at radius 3 is 2.72 bits per heavy atom. The topological polar surface area (TPSA) is 35.0 Å². The Bertz CT molecular complexity index is 886. The summed E-state index contributed by atoms with van der Waals surface area (Å²) in [7, 11) is 2.02. The molecule has 0 aromatic carbocycles. The highest BCUT2D eigenvalue weighted by Gasteiger charge is 2.77. The average molecular weight is 437 g/mol. The Hall–Kier alpha value is -0.960. The summed E-state index contributed by atoms with van der Waals surface area (Å²) in [6.07, 6.45) is 16.4. The molecule has 0 saturated heterocycles. The van der Waals surface area contributed by atoms with Crippen LogP contribution in [-0.4, -0.2) is 23.2 Å². The Labute approximate surface area is 195 Å². The van der Waals surface area contributed by atoms with Gasteiger partial charge in [-0.05, 0) is 124 Å². The molecule has 5 fully saturated rings. The molecule has 0 amide bonds. The number of fused-ring (bicyclic) bond motifs is 4. The SMILES string of the molecule is CO[C@@H]1C[C@H]2[C@@H]3CC[C@H]([C@H](C)CCc4ccnc(C)n4)[C@@]3(C)CC[C@@H]2[C@@]2(C)CC[C@@H]3CC312. The number of aromatic nitrogens is 2. The monoisotopic (exact) mass is 436 g/mol. The number of methoxy groups -OCH3 is 1. The molecular formula is C29H44N2O. The largest absolute Gasteiger partial charge is 0.381 e. The minimum atomic E-state index is 0.529. The van der Waals surface area contributed by atoms with Gasteiger partial charge in [-0.2, -0.15) is 0 Å². The summed E-state index contributed by atoms with van der Waals surface area (Å²) in [6, 6.07) is 2.11. The fraction of sp³-hybridized carbons (Fsp3) is 0.862. The van der Waals surface area contributed by atoms with Crippen molar-refractivity contribution in [1.29, 1.82) is 0 Å². The van der Waals surface area contributed by atoms with Crippen LogP contribution in [0.2, 0.25) is 0 Å². The van der Waals surface area contributed by atoms with Crippen LogP contribution in [0.15, 0.2) is 12.3 Å². The van der Waals surface area contributed by atoms with E-state index in [9.17, 15) is 0 Å². The maximum absolute atomic E-state index is 6.30. The lowest BCUT2D eigenvalue weighted by Crippen LogP contribution is -2.57. The van der Waals surface area contributed by atoms with Crippen LogP contribution in [0.4, 0.5) is 0 Å². The van der Waals surface area contributed by atoms with Crippen LogP contribution < -0.4 is 0 Å². The molecule has 0 radical (unpaired) electrons. The van der Waals surface area contributed by atoms with Gasteiger partial charge in [0.2, 0.25) is 0 Å². The second kappa shape index (κ2) is 7.27. The van der Waals surface area contributed by atoms with Crippen molar-refractivity contribution in [3.63, 3.8) is 0 Å². The van der Waals surface area contributed by atoms with Crippen molar-refractivity contribution in [1.82, 2.24) is 9.97 Å². The predicted molar refractivity (Wildman–Crippen MR) is 128 cm³/mol. The van der Waals surface area contributed by atoms with Gasteiger partial charge in [0.1, 0.15) is 5.82 Å². The normalized spacial score (nSPS) is 49.7. The zero-order chi connectivity index (χ0) is 22.3. The summed E-state index contributed by atoms with van der Waals surface area (Å²) in [6.45, 7) is 9.94. The van der Waals surface area contributed by atoms with Crippen LogP contribution in [-0.2, 0) is 11.2 Å². The Balaban J connectivity index is 1.21. The molecule has 5 aliphatic rings. The van der Waals surface area contributed by atoms with Gasteiger partial charge in [-0.15, -0.1) is 0 Å². The lowest BCUT2D eigenvalue weighted by Gasteiger charge is -2.61. The van der Waals surface area contributed by atoms with Crippen LogP contribution in [0.1, 0.15) is 90.1 Å². The number of rotatable bonds is 5. The molecule has 3 heteroatoms. The van der Waals surface area contributed by atoms with Crippen molar-refractivity contribution in [2.75, 3.05) is 7.11 Å². The molecule has 6 rings (SSSR count). The molecular weight excluding hydrogens is 392 g/mol. The van der Waals surface area contributed by atoms with E-state index >= 15 is 0 Å². The lowest BCUT2D eigenvalue weighted by molar-refractivity contribution is -0.161. The fourth-order valence-electron chi connectivity index (χ4n) is 10.8. The first kappa shape index (κ1) is 21.6. The second-order valence-corrected chi connectivity index (χ2v) is 13.1. The number of nitrogens with zero attached hydrogens (tertiary/aromatic N) is 2. The molecule has 5 aliphatic carbocycles. The minimum Gasteiger partial charge on any atom is -0.381 e. The molecule has 1 heterocycles. The highest BCUT2D eigenvalue weighted by Crippen LogP contribution is 2.82. The van der Waals surface area contributed by atoms with Gasteiger partial charge in [0.05, 0.1) is 6.10 Å². The molecule has 32 heavy (non-hydrogen) atoms. The van der Waals surface area contributed by atoms with Crippen molar-refractivity contribution in [2.45, 2.75) is 98.0 Å². The van der Waals surface area contributed by atoms with E-state index in [1.165, 1.54) is 63.5 Å². The number of aryl methyl sites for hydroxylation is 2. The van der Waals surface area contributed by atoms with E-state index in [1.807, 2.05) is 20.2 Å². The van der Waals surface area contributed by atoms with Gasteiger partial charge < -0.3 is 4.74 Å². The molecule has 0 bridgehead atoms. The molecule has 3 nitrogen and oxygen atoms in total. The molecule has 1 spiro atoms. The Morgan fingerprint density at radius 1 is 1.12 bits per heavy atom.